The van der Waals surface area contributed by atoms with Gasteiger partial charge in [-0.15, -0.1) is 0 Å². The highest BCUT2D eigenvalue weighted by molar-refractivity contribution is 5.40. The maximum atomic E-state index is 5.98. The predicted octanol–water partition coefficient (Wildman–Crippen LogP) is 1.12. The average Bonchev–Trinajstić information content (AvgIpc) is 2.39. The summed E-state index contributed by atoms with van der Waals surface area (Å²) in [6.07, 6.45) is 0.144. The Morgan fingerprint density at radius 1 is 1.33 bits per heavy atom. The lowest BCUT2D eigenvalue weighted by Gasteiger charge is -2.35. The Labute approximate surface area is 108 Å². The number of piperazine rings is 1. The minimum absolute atomic E-state index is 0.144. The van der Waals surface area contributed by atoms with Crippen LogP contribution in [-0.2, 0) is 0 Å². The monoisotopic (exact) mass is 248 g/mol. The van der Waals surface area contributed by atoms with Crippen molar-refractivity contribution in [1.82, 2.24) is 10.2 Å². The SMILES string of the molecule is CC1CN(CC2COc3ccccc3O2)CCN1. The minimum Gasteiger partial charge on any atom is -0.486 e. The van der Waals surface area contributed by atoms with Crippen molar-refractivity contribution in [2.45, 2.75) is 19.1 Å². The molecule has 0 radical (unpaired) electrons. The molecule has 4 heteroatoms. The highest BCUT2D eigenvalue weighted by Crippen LogP contribution is 2.31. The molecule has 18 heavy (non-hydrogen) atoms. The van der Waals surface area contributed by atoms with Gasteiger partial charge >= 0.3 is 0 Å². The van der Waals surface area contributed by atoms with Crippen molar-refractivity contribution < 1.29 is 9.47 Å². The Kier molecular flexibility index (Phi) is 3.39. The molecule has 98 valence electrons. The Bertz CT molecular complexity index is 411. The van der Waals surface area contributed by atoms with Crippen LogP contribution in [0.15, 0.2) is 24.3 Å². The van der Waals surface area contributed by atoms with E-state index in [1.807, 2.05) is 24.3 Å². The highest BCUT2D eigenvalue weighted by atomic mass is 16.6. The molecule has 2 atom stereocenters. The molecule has 3 rings (SSSR count). The quantitative estimate of drug-likeness (QED) is 0.850. The lowest BCUT2D eigenvalue weighted by atomic mass is 10.2. The van der Waals surface area contributed by atoms with E-state index < -0.39 is 0 Å². The summed E-state index contributed by atoms with van der Waals surface area (Å²) >= 11 is 0. The molecular weight excluding hydrogens is 228 g/mol. The molecule has 1 aromatic carbocycles. The van der Waals surface area contributed by atoms with E-state index in [9.17, 15) is 0 Å². The van der Waals surface area contributed by atoms with Gasteiger partial charge in [0.05, 0.1) is 0 Å². The van der Waals surface area contributed by atoms with E-state index in [1.165, 1.54) is 0 Å². The first-order chi connectivity index (χ1) is 8.81. The Hall–Kier alpha value is -1.26. The van der Waals surface area contributed by atoms with Crippen LogP contribution < -0.4 is 14.8 Å². The average molecular weight is 248 g/mol. The zero-order valence-electron chi connectivity index (χ0n) is 10.8. The molecule has 1 fully saturated rings. The Morgan fingerprint density at radius 3 is 3.00 bits per heavy atom. The van der Waals surface area contributed by atoms with Crippen LogP contribution in [0.5, 0.6) is 11.5 Å². The second-order valence-electron chi connectivity index (χ2n) is 5.11. The van der Waals surface area contributed by atoms with Crippen LogP contribution >= 0.6 is 0 Å². The van der Waals surface area contributed by atoms with Crippen molar-refractivity contribution in [3.05, 3.63) is 24.3 Å². The third kappa shape index (κ3) is 2.60. The first-order valence-corrected chi connectivity index (χ1v) is 6.65. The van der Waals surface area contributed by atoms with E-state index in [-0.39, 0.29) is 6.10 Å². The molecular formula is C14H20N2O2. The number of rotatable bonds is 2. The first-order valence-electron chi connectivity index (χ1n) is 6.65. The topological polar surface area (TPSA) is 33.7 Å². The number of fused-ring (bicyclic) bond motifs is 1. The van der Waals surface area contributed by atoms with E-state index in [1.54, 1.807) is 0 Å². The summed E-state index contributed by atoms with van der Waals surface area (Å²) in [5.74, 6) is 1.74. The van der Waals surface area contributed by atoms with Crippen LogP contribution in [0.4, 0.5) is 0 Å². The second kappa shape index (κ2) is 5.16. The van der Waals surface area contributed by atoms with Crippen LogP contribution in [0.3, 0.4) is 0 Å². The van der Waals surface area contributed by atoms with Crippen molar-refractivity contribution in [1.29, 1.82) is 0 Å². The van der Waals surface area contributed by atoms with Gasteiger partial charge in [-0.25, -0.2) is 0 Å². The van der Waals surface area contributed by atoms with Crippen molar-refractivity contribution >= 4 is 0 Å². The van der Waals surface area contributed by atoms with Gasteiger partial charge < -0.3 is 14.8 Å². The van der Waals surface area contributed by atoms with Crippen molar-refractivity contribution in [2.24, 2.45) is 0 Å². The summed E-state index contributed by atoms with van der Waals surface area (Å²) < 4.78 is 11.7. The van der Waals surface area contributed by atoms with E-state index in [0.717, 1.165) is 37.7 Å². The highest BCUT2D eigenvalue weighted by Gasteiger charge is 2.24. The summed E-state index contributed by atoms with van der Waals surface area (Å²) in [6, 6.07) is 8.45. The molecule has 2 aliphatic rings. The lowest BCUT2D eigenvalue weighted by molar-refractivity contribution is 0.0510. The zero-order chi connectivity index (χ0) is 12.4. The fourth-order valence-electron chi connectivity index (χ4n) is 2.62. The van der Waals surface area contributed by atoms with Crippen LogP contribution in [-0.4, -0.2) is 49.8 Å². The van der Waals surface area contributed by atoms with Gasteiger partial charge in [0.1, 0.15) is 12.7 Å². The summed E-state index contributed by atoms with van der Waals surface area (Å²) in [5, 5.41) is 3.45. The van der Waals surface area contributed by atoms with Gasteiger partial charge in [-0.05, 0) is 19.1 Å². The molecule has 0 aromatic heterocycles. The molecule has 0 saturated carbocycles. The van der Waals surface area contributed by atoms with Crippen molar-refractivity contribution in [2.75, 3.05) is 32.8 Å². The molecule has 2 unspecified atom stereocenters. The van der Waals surface area contributed by atoms with E-state index in [0.29, 0.717) is 12.6 Å². The molecule has 2 heterocycles. The molecule has 0 spiro atoms. The van der Waals surface area contributed by atoms with Gasteiger partial charge in [0.15, 0.2) is 11.5 Å². The number of benzene rings is 1. The summed E-state index contributed by atoms with van der Waals surface area (Å²) in [6.45, 7) is 7.05. The first kappa shape index (κ1) is 11.8. The van der Waals surface area contributed by atoms with Gasteiger partial charge in [0.25, 0.3) is 0 Å². The third-order valence-corrected chi connectivity index (χ3v) is 3.48. The van der Waals surface area contributed by atoms with Gasteiger partial charge in [-0.3, -0.25) is 4.90 Å². The van der Waals surface area contributed by atoms with Gasteiger partial charge in [0.2, 0.25) is 0 Å². The Balaban J connectivity index is 1.59. The standard InChI is InChI=1S/C14H20N2O2/c1-11-8-16(7-6-15-11)9-12-10-17-13-4-2-3-5-14(13)18-12/h2-5,11-12,15H,6-10H2,1H3. The maximum absolute atomic E-state index is 5.98. The molecule has 0 aliphatic carbocycles. The lowest BCUT2D eigenvalue weighted by Crippen LogP contribution is -2.52. The van der Waals surface area contributed by atoms with Gasteiger partial charge in [-0.1, -0.05) is 12.1 Å². The smallest absolute Gasteiger partial charge is 0.161 e. The molecule has 0 amide bonds. The fourth-order valence-corrected chi connectivity index (χ4v) is 2.62. The molecule has 4 nitrogen and oxygen atoms in total. The number of hydrogen-bond acceptors (Lipinski definition) is 4. The predicted molar refractivity (Wildman–Crippen MR) is 70.3 cm³/mol. The zero-order valence-corrected chi connectivity index (χ0v) is 10.8. The van der Waals surface area contributed by atoms with Crippen LogP contribution in [0, 0.1) is 0 Å². The summed E-state index contributed by atoms with van der Waals surface area (Å²) in [7, 11) is 0. The van der Waals surface area contributed by atoms with Crippen LogP contribution in [0.1, 0.15) is 6.92 Å². The van der Waals surface area contributed by atoms with E-state index >= 15 is 0 Å². The Morgan fingerprint density at radius 2 is 2.17 bits per heavy atom. The molecule has 0 bridgehead atoms. The van der Waals surface area contributed by atoms with Crippen LogP contribution in [0.2, 0.25) is 0 Å². The van der Waals surface area contributed by atoms with E-state index in [4.69, 9.17) is 9.47 Å². The number of ether oxygens (including phenoxy) is 2. The maximum Gasteiger partial charge on any atom is 0.161 e. The van der Waals surface area contributed by atoms with Gasteiger partial charge in [-0.2, -0.15) is 0 Å². The normalized spacial score (nSPS) is 28.1. The minimum atomic E-state index is 0.144. The van der Waals surface area contributed by atoms with Gasteiger partial charge in [0, 0.05) is 32.2 Å². The molecule has 1 aromatic rings. The summed E-state index contributed by atoms with van der Waals surface area (Å²) in [4.78, 5) is 2.45. The van der Waals surface area contributed by atoms with Crippen LogP contribution in [0.25, 0.3) is 0 Å². The number of hydrogen-bond donors (Lipinski definition) is 1. The van der Waals surface area contributed by atoms with Crippen molar-refractivity contribution in [3.63, 3.8) is 0 Å². The second-order valence-corrected chi connectivity index (χ2v) is 5.11. The molecule has 1 N–H and O–H groups in total. The number of para-hydroxylation sites is 2. The fraction of sp³-hybridized carbons (Fsp3) is 0.571. The third-order valence-electron chi connectivity index (χ3n) is 3.48. The summed E-state index contributed by atoms with van der Waals surface area (Å²) in [5.41, 5.74) is 0. The number of nitrogens with one attached hydrogen (secondary N) is 1. The van der Waals surface area contributed by atoms with E-state index in [2.05, 4.69) is 17.1 Å². The molecule has 2 aliphatic heterocycles. The van der Waals surface area contributed by atoms with Crippen molar-refractivity contribution in [3.8, 4) is 11.5 Å². The molecule has 1 saturated heterocycles. The number of nitrogens with zero attached hydrogens (tertiary/aromatic N) is 1. The largest absolute Gasteiger partial charge is 0.486 e.